The van der Waals surface area contributed by atoms with Crippen molar-refractivity contribution in [3.8, 4) is 0 Å². The third-order valence-corrected chi connectivity index (χ3v) is 3.69. The summed E-state index contributed by atoms with van der Waals surface area (Å²) in [7, 11) is 0. The molecular weight excluding hydrogens is 200 g/mol. The van der Waals surface area contributed by atoms with Gasteiger partial charge in [0.05, 0.1) is 5.92 Å². The third-order valence-electron chi connectivity index (χ3n) is 3.69. The van der Waals surface area contributed by atoms with E-state index >= 15 is 0 Å². The molecule has 0 aromatic rings. The maximum atomic E-state index is 11.4. The largest absolute Gasteiger partial charge is 0.481 e. The number of hydrogen-bond acceptors (Lipinski definition) is 1. The molecule has 0 bridgehead atoms. The van der Waals surface area contributed by atoms with Crippen molar-refractivity contribution in [3.05, 3.63) is 0 Å². The number of carboxylic acids is 1. The van der Waals surface area contributed by atoms with E-state index in [4.69, 9.17) is 0 Å². The normalized spacial score (nSPS) is 13.8. The fourth-order valence-corrected chi connectivity index (χ4v) is 3.26. The zero-order valence-corrected chi connectivity index (χ0v) is 11.4. The van der Waals surface area contributed by atoms with Gasteiger partial charge in [-0.25, -0.2) is 0 Å². The van der Waals surface area contributed by atoms with Gasteiger partial charge in [-0.2, -0.15) is 0 Å². The smallest absolute Gasteiger partial charge is 0.307 e. The van der Waals surface area contributed by atoms with E-state index in [1.54, 1.807) is 0 Å². The summed E-state index contributed by atoms with van der Waals surface area (Å²) in [5.41, 5.74) is 0.0405. The number of hydrogen-bond donors (Lipinski definition) is 1. The lowest BCUT2D eigenvalue weighted by atomic mass is 9.65. The Morgan fingerprint density at radius 2 is 1.38 bits per heavy atom. The summed E-state index contributed by atoms with van der Waals surface area (Å²) in [6.07, 6.45) is 7.19. The van der Waals surface area contributed by atoms with Crippen LogP contribution < -0.4 is 0 Å². The molecule has 0 aliphatic carbocycles. The van der Waals surface area contributed by atoms with Gasteiger partial charge < -0.3 is 5.11 Å². The van der Waals surface area contributed by atoms with Crippen molar-refractivity contribution in [2.24, 2.45) is 11.3 Å². The maximum absolute atomic E-state index is 11.4. The molecule has 96 valence electrons. The molecule has 0 saturated carbocycles. The Kier molecular flexibility index (Phi) is 7.44. The lowest BCUT2D eigenvalue weighted by molar-refractivity contribution is -0.148. The van der Waals surface area contributed by atoms with Crippen molar-refractivity contribution in [2.45, 2.75) is 72.6 Å². The Balaban J connectivity index is 5.01. The molecule has 16 heavy (non-hydrogen) atoms. The van der Waals surface area contributed by atoms with Crippen molar-refractivity contribution in [1.82, 2.24) is 0 Å². The second-order valence-corrected chi connectivity index (χ2v) is 4.91. The van der Waals surface area contributed by atoms with Crippen molar-refractivity contribution < 1.29 is 9.90 Å². The summed E-state index contributed by atoms with van der Waals surface area (Å²) in [4.78, 5) is 11.4. The van der Waals surface area contributed by atoms with Crippen molar-refractivity contribution in [1.29, 1.82) is 0 Å². The molecule has 0 amide bonds. The molecule has 0 aliphatic heterocycles. The molecule has 0 spiro atoms. The predicted octanol–water partition coefficient (Wildman–Crippen LogP) is 4.48. The molecule has 0 aliphatic rings. The highest BCUT2D eigenvalue weighted by Gasteiger charge is 2.39. The van der Waals surface area contributed by atoms with Crippen molar-refractivity contribution in [2.75, 3.05) is 0 Å². The number of carboxylic acid groups (broad SMARTS) is 1. The minimum Gasteiger partial charge on any atom is -0.481 e. The third kappa shape index (κ3) is 3.80. The van der Waals surface area contributed by atoms with E-state index in [0.29, 0.717) is 0 Å². The Bertz CT molecular complexity index is 182. The van der Waals surface area contributed by atoms with Crippen LogP contribution in [0.3, 0.4) is 0 Å². The van der Waals surface area contributed by atoms with Crippen LogP contribution >= 0.6 is 0 Å². The summed E-state index contributed by atoms with van der Waals surface area (Å²) < 4.78 is 0. The molecule has 0 fully saturated rings. The first kappa shape index (κ1) is 15.5. The van der Waals surface area contributed by atoms with Gasteiger partial charge in [0.15, 0.2) is 0 Å². The van der Waals surface area contributed by atoms with Crippen molar-refractivity contribution in [3.63, 3.8) is 0 Å². The van der Waals surface area contributed by atoms with Crippen LogP contribution in [0.25, 0.3) is 0 Å². The topological polar surface area (TPSA) is 37.3 Å². The predicted molar refractivity (Wildman–Crippen MR) is 68.6 cm³/mol. The van der Waals surface area contributed by atoms with E-state index in [0.717, 1.165) is 44.9 Å². The minimum absolute atomic E-state index is 0.0405. The fourth-order valence-electron chi connectivity index (χ4n) is 3.26. The highest BCUT2D eigenvalue weighted by Crippen LogP contribution is 2.44. The van der Waals surface area contributed by atoms with Crippen LogP contribution in [0.2, 0.25) is 0 Å². The monoisotopic (exact) mass is 228 g/mol. The molecule has 0 aromatic heterocycles. The van der Waals surface area contributed by atoms with Crippen LogP contribution in [0, 0.1) is 11.3 Å². The first-order valence-corrected chi connectivity index (χ1v) is 6.80. The van der Waals surface area contributed by atoms with Gasteiger partial charge in [0.25, 0.3) is 0 Å². The van der Waals surface area contributed by atoms with Crippen LogP contribution in [0.4, 0.5) is 0 Å². The van der Waals surface area contributed by atoms with Crippen LogP contribution in [-0.2, 0) is 4.79 Å². The van der Waals surface area contributed by atoms with Gasteiger partial charge in [-0.1, -0.05) is 47.0 Å². The second-order valence-electron chi connectivity index (χ2n) is 4.91. The van der Waals surface area contributed by atoms with Gasteiger partial charge in [0.1, 0.15) is 0 Å². The summed E-state index contributed by atoms with van der Waals surface area (Å²) in [5.74, 6) is -0.759. The number of carbonyl (C=O) groups is 1. The summed E-state index contributed by atoms with van der Waals surface area (Å²) in [6, 6.07) is 0. The highest BCUT2D eigenvalue weighted by molar-refractivity contribution is 5.71. The minimum atomic E-state index is -0.599. The van der Waals surface area contributed by atoms with Gasteiger partial charge in [0.2, 0.25) is 0 Å². The van der Waals surface area contributed by atoms with Crippen LogP contribution in [0.5, 0.6) is 0 Å². The summed E-state index contributed by atoms with van der Waals surface area (Å²) in [5, 5.41) is 9.39. The van der Waals surface area contributed by atoms with Gasteiger partial charge in [0, 0.05) is 0 Å². The molecule has 0 rings (SSSR count). The molecule has 2 heteroatoms. The second kappa shape index (κ2) is 7.70. The summed E-state index contributed by atoms with van der Waals surface area (Å²) >= 11 is 0. The standard InChI is InChI=1S/C14H28O2/c1-5-9-14(10-6-2,11-7-3)12(8-4)13(15)16/h12H,5-11H2,1-4H3,(H,15,16). The van der Waals surface area contributed by atoms with E-state index in [2.05, 4.69) is 20.8 Å². The number of aliphatic carboxylic acids is 1. The average Bonchev–Trinajstić information content (AvgIpc) is 2.19. The van der Waals surface area contributed by atoms with Crippen molar-refractivity contribution >= 4 is 5.97 Å². The number of rotatable bonds is 9. The van der Waals surface area contributed by atoms with E-state index in [1.807, 2.05) is 6.92 Å². The van der Waals surface area contributed by atoms with Gasteiger partial charge in [-0.05, 0) is 31.1 Å². The van der Waals surface area contributed by atoms with Gasteiger partial charge in [-0.15, -0.1) is 0 Å². The molecule has 2 nitrogen and oxygen atoms in total. The Morgan fingerprint density at radius 3 is 1.56 bits per heavy atom. The van der Waals surface area contributed by atoms with Crippen LogP contribution in [0.1, 0.15) is 72.6 Å². The maximum Gasteiger partial charge on any atom is 0.307 e. The van der Waals surface area contributed by atoms with E-state index < -0.39 is 5.97 Å². The quantitative estimate of drug-likeness (QED) is 0.631. The zero-order chi connectivity index (χ0) is 12.6. The highest BCUT2D eigenvalue weighted by atomic mass is 16.4. The molecular formula is C14H28O2. The SMILES string of the molecule is CCCC(CCC)(CCC)C(CC)C(=O)O. The first-order valence-electron chi connectivity index (χ1n) is 6.80. The molecule has 1 atom stereocenters. The molecule has 0 heterocycles. The Morgan fingerprint density at radius 1 is 1.00 bits per heavy atom. The van der Waals surface area contributed by atoms with E-state index in [1.165, 1.54) is 0 Å². The van der Waals surface area contributed by atoms with E-state index in [-0.39, 0.29) is 11.3 Å². The summed E-state index contributed by atoms with van der Waals surface area (Å²) in [6.45, 7) is 8.49. The molecule has 1 N–H and O–H groups in total. The van der Waals surface area contributed by atoms with Gasteiger partial charge >= 0.3 is 5.97 Å². The lowest BCUT2D eigenvalue weighted by Gasteiger charge is -2.38. The van der Waals surface area contributed by atoms with E-state index in [9.17, 15) is 9.90 Å². The van der Waals surface area contributed by atoms with Crippen LogP contribution in [-0.4, -0.2) is 11.1 Å². The van der Waals surface area contributed by atoms with Crippen LogP contribution in [0.15, 0.2) is 0 Å². The fraction of sp³-hybridized carbons (Fsp3) is 0.929. The molecule has 1 unspecified atom stereocenters. The Labute approximate surface area is 100 Å². The van der Waals surface area contributed by atoms with Gasteiger partial charge in [-0.3, -0.25) is 4.79 Å². The molecule has 0 saturated heterocycles. The Hall–Kier alpha value is -0.530. The first-order chi connectivity index (χ1) is 7.57. The zero-order valence-electron chi connectivity index (χ0n) is 11.4. The average molecular weight is 228 g/mol. The molecule has 0 radical (unpaired) electrons. The molecule has 0 aromatic carbocycles. The lowest BCUT2D eigenvalue weighted by Crippen LogP contribution is -2.35.